The number of hydrogen-bond acceptors (Lipinski definition) is 5. The average molecular weight is 270 g/mol. The predicted octanol–water partition coefficient (Wildman–Crippen LogP) is 3.16. The summed E-state index contributed by atoms with van der Waals surface area (Å²) >= 11 is 1.75. The van der Waals surface area contributed by atoms with Gasteiger partial charge < -0.3 is 10.1 Å². The lowest BCUT2D eigenvalue weighted by atomic mass is 10.2. The third-order valence-corrected chi connectivity index (χ3v) is 2.87. The number of nitro groups is 1. The van der Waals surface area contributed by atoms with E-state index in [-0.39, 0.29) is 5.69 Å². The molecule has 1 N–H and O–H groups in total. The normalized spacial score (nSPS) is 10.1. The van der Waals surface area contributed by atoms with Gasteiger partial charge in [-0.1, -0.05) is 6.92 Å². The summed E-state index contributed by atoms with van der Waals surface area (Å²) in [6, 6.07) is 4.87. The highest BCUT2D eigenvalue weighted by Gasteiger charge is 2.15. The molecule has 0 aliphatic carbocycles. The molecule has 0 spiro atoms. The van der Waals surface area contributed by atoms with Crippen LogP contribution in [-0.2, 0) is 0 Å². The van der Waals surface area contributed by atoms with Gasteiger partial charge in [0.05, 0.1) is 11.5 Å². The van der Waals surface area contributed by atoms with E-state index >= 15 is 0 Å². The first kappa shape index (κ1) is 14.6. The molecule has 18 heavy (non-hydrogen) atoms. The molecule has 0 bridgehead atoms. The molecule has 0 atom stereocenters. The first-order chi connectivity index (χ1) is 8.69. The zero-order valence-corrected chi connectivity index (χ0v) is 11.5. The number of nitro benzene ring substituents is 1. The zero-order valence-electron chi connectivity index (χ0n) is 10.6. The van der Waals surface area contributed by atoms with Crippen LogP contribution in [0.5, 0.6) is 5.75 Å². The maximum absolute atomic E-state index is 10.9. The molecule has 0 amide bonds. The molecule has 100 valence electrons. The molecule has 0 aromatic heterocycles. The summed E-state index contributed by atoms with van der Waals surface area (Å²) in [5, 5.41) is 14.1. The van der Waals surface area contributed by atoms with E-state index in [0.717, 1.165) is 24.4 Å². The first-order valence-corrected chi connectivity index (χ1v) is 7.22. The Bertz CT molecular complexity index is 399. The lowest BCUT2D eigenvalue weighted by Gasteiger charge is -2.09. The van der Waals surface area contributed by atoms with Crippen LogP contribution in [0.25, 0.3) is 0 Å². The van der Waals surface area contributed by atoms with E-state index in [4.69, 9.17) is 4.74 Å². The number of benzene rings is 1. The van der Waals surface area contributed by atoms with E-state index < -0.39 is 4.92 Å². The third kappa shape index (κ3) is 4.44. The van der Waals surface area contributed by atoms with Crippen molar-refractivity contribution in [1.29, 1.82) is 0 Å². The average Bonchev–Trinajstić information content (AvgIpc) is 2.36. The predicted molar refractivity (Wildman–Crippen MR) is 75.8 cm³/mol. The van der Waals surface area contributed by atoms with Crippen molar-refractivity contribution >= 4 is 23.1 Å². The molecule has 0 aliphatic heterocycles. The van der Waals surface area contributed by atoms with Crippen molar-refractivity contribution in [1.82, 2.24) is 0 Å². The van der Waals surface area contributed by atoms with E-state index in [9.17, 15) is 10.1 Å². The van der Waals surface area contributed by atoms with Gasteiger partial charge in [0.1, 0.15) is 0 Å². The summed E-state index contributed by atoms with van der Waals surface area (Å²) in [6.07, 6.45) is 2.86. The van der Waals surface area contributed by atoms with Crippen molar-refractivity contribution in [2.24, 2.45) is 0 Å². The van der Waals surface area contributed by atoms with Gasteiger partial charge in [-0.15, -0.1) is 0 Å². The summed E-state index contributed by atoms with van der Waals surface area (Å²) in [5.74, 6) is 1.32. The second-order valence-corrected chi connectivity index (χ2v) is 4.69. The highest BCUT2D eigenvalue weighted by molar-refractivity contribution is 7.98. The summed E-state index contributed by atoms with van der Waals surface area (Å²) in [7, 11) is 0. The van der Waals surface area contributed by atoms with Gasteiger partial charge in [-0.25, -0.2) is 0 Å². The van der Waals surface area contributed by atoms with Gasteiger partial charge in [0.2, 0.25) is 0 Å². The van der Waals surface area contributed by atoms with Gasteiger partial charge in [-0.3, -0.25) is 10.1 Å². The van der Waals surface area contributed by atoms with E-state index in [1.807, 2.05) is 13.2 Å². The summed E-state index contributed by atoms with van der Waals surface area (Å²) < 4.78 is 5.41. The van der Waals surface area contributed by atoms with Crippen LogP contribution in [0.15, 0.2) is 18.2 Å². The molecule has 1 aromatic rings. The van der Waals surface area contributed by atoms with Crippen molar-refractivity contribution in [3.63, 3.8) is 0 Å². The highest BCUT2D eigenvalue weighted by atomic mass is 32.2. The van der Waals surface area contributed by atoms with E-state index in [1.165, 1.54) is 6.07 Å². The van der Waals surface area contributed by atoms with Crippen molar-refractivity contribution < 1.29 is 9.66 Å². The highest BCUT2D eigenvalue weighted by Crippen LogP contribution is 2.30. The minimum Gasteiger partial charge on any atom is -0.487 e. The maximum Gasteiger partial charge on any atom is 0.311 e. The number of ether oxygens (including phenoxy) is 1. The number of nitrogens with zero attached hydrogens (tertiary/aromatic N) is 1. The molecular weight excluding hydrogens is 252 g/mol. The molecule has 1 aromatic carbocycles. The van der Waals surface area contributed by atoms with Gasteiger partial charge in [0.25, 0.3) is 0 Å². The fourth-order valence-electron chi connectivity index (χ4n) is 1.40. The number of rotatable bonds is 8. The minimum atomic E-state index is -0.420. The van der Waals surface area contributed by atoms with Crippen molar-refractivity contribution in [3.8, 4) is 5.75 Å². The second-order valence-electron chi connectivity index (χ2n) is 3.71. The summed E-state index contributed by atoms with van der Waals surface area (Å²) in [4.78, 5) is 10.4. The Labute approximate surface area is 111 Å². The molecule has 0 radical (unpaired) electrons. The van der Waals surface area contributed by atoms with E-state index in [1.54, 1.807) is 23.9 Å². The maximum atomic E-state index is 10.9. The Kier molecular flexibility index (Phi) is 6.35. The monoisotopic (exact) mass is 270 g/mol. The Balaban J connectivity index is 2.80. The number of anilines is 1. The van der Waals surface area contributed by atoms with Crippen LogP contribution >= 0.6 is 11.8 Å². The summed E-state index contributed by atoms with van der Waals surface area (Å²) in [6.45, 7) is 3.27. The fourth-order valence-corrected chi connectivity index (χ4v) is 1.71. The van der Waals surface area contributed by atoms with Gasteiger partial charge in [-0.05, 0) is 18.7 Å². The summed E-state index contributed by atoms with van der Waals surface area (Å²) in [5.41, 5.74) is 0.861. The molecule has 0 heterocycles. The van der Waals surface area contributed by atoms with Crippen LogP contribution in [0.4, 0.5) is 11.4 Å². The topological polar surface area (TPSA) is 64.4 Å². The molecule has 0 saturated carbocycles. The smallest absolute Gasteiger partial charge is 0.311 e. The van der Waals surface area contributed by atoms with Crippen LogP contribution in [0.1, 0.15) is 13.3 Å². The number of hydrogen-bond donors (Lipinski definition) is 1. The Morgan fingerprint density at radius 2 is 2.28 bits per heavy atom. The number of nitrogens with one attached hydrogen (secondary N) is 1. The van der Waals surface area contributed by atoms with Gasteiger partial charge in [0, 0.05) is 30.1 Å². The Morgan fingerprint density at radius 1 is 1.50 bits per heavy atom. The standard InChI is InChI=1S/C12H18N2O3S/c1-3-7-17-12-9-10(13-6-8-18-2)4-5-11(12)14(15)16/h4-5,9,13H,3,6-8H2,1-2H3. The largest absolute Gasteiger partial charge is 0.487 e. The molecule has 0 aliphatic rings. The molecule has 0 fully saturated rings. The van der Waals surface area contributed by atoms with Crippen molar-refractivity contribution in [3.05, 3.63) is 28.3 Å². The van der Waals surface area contributed by atoms with Crippen molar-refractivity contribution in [2.75, 3.05) is 30.5 Å². The van der Waals surface area contributed by atoms with Gasteiger partial charge in [0.15, 0.2) is 5.75 Å². The van der Waals surface area contributed by atoms with Crippen molar-refractivity contribution in [2.45, 2.75) is 13.3 Å². The quantitative estimate of drug-likeness (QED) is 0.446. The fraction of sp³-hybridized carbons (Fsp3) is 0.500. The van der Waals surface area contributed by atoms with Crippen LogP contribution < -0.4 is 10.1 Å². The minimum absolute atomic E-state index is 0.0128. The SMILES string of the molecule is CCCOc1cc(NCCSC)ccc1[N+](=O)[O-]. The molecule has 0 saturated heterocycles. The third-order valence-electron chi connectivity index (χ3n) is 2.25. The van der Waals surface area contributed by atoms with Crippen LogP contribution in [-0.4, -0.2) is 30.1 Å². The lowest BCUT2D eigenvalue weighted by molar-refractivity contribution is -0.385. The number of thioether (sulfide) groups is 1. The molecule has 0 unspecified atom stereocenters. The van der Waals surface area contributed by atoms with Crippen LogP contribution in [0, 0.1) is 10.1 Å². The van der Waals surface area contributed by atoms with Gasteiger partial charge in [-0.2, -0.15) is 11.8 Å². The van der Waals surface area contributed by atoms with Crippen LogP contribution in [0.3, 0.4) is 0 Å². The molecular formula is C12H18N2O3S. The lowest BCUT2D eigenvalue weighted by Crippen LogP contribution is -2.05. The van der Waals surface area contributed by atoms with E-state index in [0.29, 0.717) is 12.4 Å². The molecule has 5 nitrogen and oxygen atoms in total. The van der Waals surface area contributed by atoms with Gasteiger partial charge >= 0.3 is 5.69 Å². The molecule has 6 heteroatoms. The molecule has 1 rings (SSSR count). The zero-order chi connectivity index (χ0) is 13.4. The Hall–Kier alpha value is -1.43. The van der Waals surface area contributed by atoms with Crippen LogP contribution in [0.2, 0.25) is 0 Å². The first-order valence-electron chi connectivity index (χ1n) is 5.83. The van der Waals surface area contributed by atoms with E-state index in [2.05, 4.69) is 5.32 Å². The Morgan fingerprint density at radius 3 is 2.89 bits per heavy atom. The second kappa shape index (κ2) is 7.81.